The van der Waals surface area contributed by atoms with Gasteiger partial charge >= 0.3 is 0 Å². The summed E-state index contributed by atoms with van der Waals surface area (Å²) >= 11 is 0. The number of carbonyl (C=O) groups is 2. The van der Waals surface area contributed by atoms with E-state index in [-0.39, 0.29) is 17.5 Å². The quantitative estimate of drug-likeness (QED) is 0.655. The van der Waals surface area contributed by atoms with E-state index in [4.69, 9.17) is 0 Å². The van der Waals surface area contributed by atoms with Crippen LogP contribution < -0.4 is 16.2 Å². The molecule has 1 atom stereocenters. The van der Waals surface area contributed by atoms with Crippen LogP contribution in [0, 0.1) is 20.8 Å². The summed E-state index contributed by atoms with van der Waals surface area (Å²) in [5, 5.41) is 9.86. The third kappa shape index (κ3) is 5.06. The van der Waals surface area contributed by atoms with Gasteiger partial charge in [0.25, 0.3) is 5.56 Å². The van der Waals surface area contributed by atoms with Crippen LogP contribution in [0.4, 0.5) is 11.4 Å². The van der Waals surface area contributed by atoms with Crippen LogP contribution in [0.1, 0.15) is 36.6 Å². The summed E-state index contributed by atoms with van der Waals surface area (Å²) in [7, 11) is 0. The van der Waals surface area contributed by atoms with Crippen molar-refractivity contribution in [1.29, 1.82) is 0 Å². The Hall–Kier alpha value is -3.74. The average Bonchev–Trinajstić information content (AvgIpc) is 2.72. The number of rotatable bonds is 5. The Kier molecular flexibility index (Phi) is 6.34. The van der Waals surface area contributed by atoms with Crippen LogP contribution in [0.25, 0.3) is 11.3 Å². The van der Waals surface area contributed by atoms with Gasteiger partial charge in [0.15, 0.2) is 0 Å². The molecule has 2 amide bonds. The van der Waals surface area contributed by atoms with Crippen molar-refractivity contribution in [2.24, 2.45) is 0 Å². The van der Waals surface area contributed by atoms with Crippen molar-refractivity contribution in [3.8, 4) is 11.3 Å². The first-order valence-electron chi connectivity index (χ1n) is 10.0. The zero-order chi connectivity index (χ0) is 22.7. The van der Waals surface area contributed by atoms with E-state index in [1.165, 1.54) is 13.0 Å². The summed E-state index contributed by atoms with van der Waals surface area (Å²) in [5.74, 6) is -0.754. The fourth-order valence-electron chi connectivity index (χ4n) is 3.14. The predicted molar refractivity (Wildman–Crippen MR) is 122 cm³/mol. The number of anilines is 2. The Labute approximate surface area is 181 Å². The fraction of sp³-hybridized carbons (Fsp3) is 0.250. The molecule has 0 aliphatic heterocycles. The van der Waals surface area contributed by atoms with Gasteiger partial charge in [-0.25, -0.2) is 4.68 Å². The molecule has 3 aromatic rings. The molecule has 1 aromatic heterocycles. The van der Waals surface area contributed by atoms with Crippen molar-refractivity contribution in [3.05, 3.63) is 75.6 Å². The molecule has 2 aromatic carbocycles. The fourth-order valence-corrected chi connectivity index (χ4v) is 3.14. The van der Waals surface area contributed by atoms with E-state index in [9.17, 15) is 14.4 Å². The van der Waals surface area contributed by atoms with Crippen LogP contribution >= 0.6 is 0 Å². The number of hydrogen-bond acceptors (Lipinski definition) is 4. The predicted octanol–water partition coefficient (Wildman–Crippen LogP) is 3.99. The summed E-state index contributed by atoms with van der Waals surface area (Å²) in [5.41, 5.74) is 4.47. The Morgan fingerprint density at radius 1 is 0.903 bits per heavy atom. The number of aryl methyl sites for hydroxylation is 3. The Balaban J connectivity index is 2.03. The lowest BCUT2D eigenvalue weighted by Crippen LogP contribution is -2.35. The van der Waals surface area contributed by atoms with Gasteiger partial charge in [-0.05, 0) is 51.0 Å². The Morgan fingerprint density at radius 2 is 1.55 bits per heavy atom. The molecular weight excluding hydrogens is 392 g/mol. The molecule has 1 heterocycles. The number of hydrogen-bond donors (Lipinski definition) is 2. The summed E-state index contributed by atoms with van der Waals surface area (Å²) in [4.78, 5) is 37.5. The van der Waals surface area contributed by atoms with Gasteiger partial charge in [0.05, 0.1) is 5.69 Å². The maximum atomic E-state index is 13.0. The van der Waals surface area contributed by atoms with Crippen LogP contribution in [0.2, 0.25) is 0 Å². The van der Waals surface area contributed by atoms with Crippen LogP contribution in [-0.4, -0.2) is 21.6 Å². The molecule has 7 heteroatoms. The van der Waals surface area contributed by atoms with E-state index in [0.717, 1.165) is 26.9 Å². The van der Waals surface area contributed by atoms with Crippen LogP contribution in [-0.2, 0) is 9.59 Å². The molecular formula is C24H26N4O3. The van der Waals surface area contributed by atoms with E-state index in [1.54, 1.807) is 6.92 Å². The molecule has 0 saturated heterocycles. The summed E-state index contributed by atoms with van der Waals surface area (Å²) in [6.07, 6.45) is 0. The number of aromatic nitrogens is 2. The minimum absolute atomic E-state index is 0.0736. The summed E-state index contributed by atoms with van der Waals surface area (Å²) in [6, 6.07) is 14.0. The molecule has 31 heavy (non-hydrogen) atoms. The number of nitrogens with zero attached hydrogens (tertiary/aromatic N) is 2. The first-order chi connectivity index (χ1) is 14.7. The van der Waals surface area contributed by atoms with Gasteiger partial charge in [0, 0.05) is 18.2 Å². The topological polar surface area (TPSA) is 93.1 Å². The zero-order valence-electron chi connectivity index (χ0n) is 18.3. The van der Waals surface area contributed by atoms with E-state index in [1.807, 2.05) is 63.2 Å². The van der Waals surface area contributed by atoms with Gasteiger partial charge in [-0.15, -0.1) is 0 Å². The van der Waals surface area contributed by atoms with Crippen LogP contribution in [0.5, 0.6) is 0 Å². The van der Waals surface area contributed by atoms with Gasteiger partial charge in [-0.1, -0.05) is 42.0 Å². The minimum atomic E-state index is -0.898. The van der Waals surface area contributed by atoms with Crippen molar-refractivity contribution >= 4 is 23.2 Å². The first-order valence-corrected chi connectivity index (χ1v) is 10.0. The third-order valence-corrected chi connectivity index (χ3v) is 4.99. The average molecular weight is 418 g/mol. The standard InChI is InChI=1S/C24H26N4O3/c1-14-7-10-19(11-8-14)21-13-22(25-18(5)29)24(31)28(27-21)17(4)23(30)26-20-12-15(2)6-9-16(20)3/h6-13,17H,1-5H3,(H,25,29)(H,26,30). The molecule has 1 unspecified atom stereocenters. The molecule has 0 aliphatic rings. The molecule has 160 valence electrons. The van der Waals surface area contributed by atoms with Crippen molar-refractivity contribution in [2.45, 2.75) is 40.7 Å². The highest BCUT2D eigenvalue weighted by Gasteiger charge is 2.21. The second kappa shape index (κ2) is 8.95. The van der Waals surface area contributed by atoms with Gasteiger partial charge in [-0.2, -0.15) is 5.10 Å². The molecule has 7 nitrogen and oxygen atoms in total. The first kappa shape index (κ1) is 22.0. The van der Waals surface area contributed by atoms with Crippen molar-refractivity contribution in [1.82, 2.24) is 9.78 Å². The lowest BCUT2D eigenvalue weighted by molar-refractivity contribution is -0.119. The van der Waals surface area contributed by atoms with Gasteiger partial charge < -0.3 is 10.6 Å². The highest BCUT2D eigenvalue weighted by molar-refractivity contribution is 5.94. The smallest absolute Gasteiger partial charge is 0.291 e. The largest absolute Gasteiger partial charge is 0.324 e. The molecule has 0 bridgehead atoms. The zero-order valence-corrected chi connectivity index (χ0v) is 18.3. The minimum Gasteiger partial charge on any atom is -0.324 e. The number of amides is 2. The number of nitrogens with one attached hydrogen (secondary N) is 2. The monoisotopic (exact) mass is 418 g/mol. The summed E-state index contributed by atoms with van der Waals surface area (Å²) < 4.78 is 1.11. The van der Waals surface area contributed by atoms with Gasteiger partial charge in [0.2, 0.25) is 11.8 Å². The lowest BCUT2D eigenvalue weighted by Gasteiger charge is -2.18. The maximum Gasteiger partial charge on any atom is 0.291 e. The summed E-state index contributed by atoms with van der Waals surface area (Å²) in [6.45, 7) is 8.74. The van der Waals surface area contributed by atoms with Crippen molar-refractivity contribution in [3.63, 3.8) is 0 Å². The van der Waals surface area contributed by atoms with Gasteiger partial charge in [0.1, 0.15) is 11.7 Å². The molecule has 0 radical (unpaired) electrons. The lowest BCUT2D eigenvalue weighted by atomic mass is 10.1. The Bertz CT molecular complexity index is 1200. The van der Waals surface area contributed by atoms with Crippen molar-refractivity contribution in [2.75, 3.05) is 10.6 Å². The number of benzene rings is 2. The second-order valence-electron chi connectivity index (χ2n) is 7.72. The molecule has 0 saturated carbocycles. The SMILES string of the molecule is CC(=O)Nc1cc(-c2ccc(C)cc2)nn(C(C)C(=O)Nc2cc(C)ccc2C)c1=O. The van der Waals surface area contributed by atoms with Gasteiger partial charge in [-0.3, -0.25) is 14.4 Å². The highest BCUT2D eigenvalue weighted by Crippen LogP contribution is 2.21. The van der Waals surface area contributed by atoms with E-state index < -0.39 is 11.6 Å². The third-order valence-electron chi connectivity index (χ3n) is 4.99. The molecule has 3 rings (SSSR count). The van der Waals surface area contributed by atoms with Crippen LogP contribution in [0.3, 0.4) is 0 Å². The molecule has 0 spiro atoms. The second-order valence-corrected chi connectivity index (χ2v) is 7.72. The Morgan fingerprint density at radius 3 is 2.19 bits per heavy atom. The van der Waals surface area contributed by atoms with E-state index in [0.29, 0.717) is 11.4 Å². The van der Waals surface area contributed by atoms with Crippen molar-refractivity contribution < 1.29 is 9.59 Å². The molecule has 0 fully saturated rings. The van der Waals surface area contributed by atoms with E-state index >= 15 is 0 Å². The van der Waals surface area contributed by atoms with Crippen LogP contribution in [0.15, 0.2) is 53.3 Å². The molecule has 2 N–H and O–H groups in total. The van der Waals surface area contributed by atoms with E-state index in [2.05, 4.69) is 15.7 Å². The highest BCUT2D eigenvalue weighted by atomic mass is 16.2. The number of carbonyl (C=O) groups excluding carboxylic acids is 2. The molecule has 0 aliphatic carbocycles. The maximum absolute atomic E-state index is 13.0. The normalized spacial score (nSPS) is 11.6.